The molecule has 98 valence electrons. The van der Waals surface area contributed by atoms with Crippen LogP contribution in [0, 0.1) is 17.6 Å². The third-order valence-electron chi connectivity index (χ3n) is 3.79. The number of fused-ring (bicyclic) bond motifs is 1. The van der Waals surface area contributed by atoms with Gasteiger partial charge in [-0.05, 0) is 53.6 Å². The molecule has 0 saturated heterocycles. The molecule has 0 aliphatic heterocycles. The van der Waals surface area contributed by atoms with Crippen molar-refractivity contribution in [2.24, 2.45) is 5.92 Å². The smallest absolute Gasteiger partial charge is 0.126 e. The first-order chi connectivity index (χ1) is 9.15. The van der Waals surface area contributed by atoms with Gasteiger partial charge in [-0.25, -0.2) is 8.78 Å². The number of aliphatic hydroxyl groups excluding tert-OH is 1. The molecule has 1 nitrogen and oxygen atoms in total. The van der Waals surface area contributed by atoms with Crippen molar-refractivity contribution in [1.29, 1.82) is 0 Å². The second-order valence-corrected chi connectivity index (χ2v) is 5.05. The minimum absolute atomic E-state index is 0.0892. The van der Waals surface area contributed by atoms with Crippen molar-refractivity contribution in [2.75, 3.05) is 0 Å². The maximum atomic E-state index is 13.6. The van der Waals surface area contributed by atoms with E-state index in [4.69, 9.17) is 0 Å². The normalized spacial score (nSPS) is 21.4. The Bertz CT molecular complexity index is 609. The summed E-state index contributed by atoms with van der Waals surface area (Å²) in [6, 6.07) is 11.1. The summed E-state index contributed by atoms with van der Waals surface area (Å²) in [5.74, 6) is -0.945. The summed E-state index contributed by atoms with van der Waals surface area (Å²) in [5.41, 5.74) is 2.33. The molecule has 19 heavy (non-hydrogen) atoms. The third kappa shape index (κ3) is 2.26. The molecule has 2 atom stereocenters. The van der Waals surface area contributed by atoms with Crippen LogP contribution in [0.5, 0.6) is 0 Å². The van der Waals surface area contributed by atoms with Gasteiger partial charge in [0.25, 0.3) is 0 Å². The molecule has 0 amide bonds. The van der Waals surface area contributed by atoms with E-state index in [1.165, 1.54) is 6.07 Å². The first-order valence-corrected chi connectivity index (χ1v) is 6.35. The first-order valence-electron chi connectivity index (χ1n) is 6.35. The Kier molecular flexibility index (Phi) is 3.07. The van der Waals surface area contributed by atoms with E-state index in [0.717, 1.165) is 23.3 Å². The molecule has 1 aliphatic rings. The zero-order valence-corrected chi connectivity index (χ0v) is 10.3. The monoisotopic (exact) mass is 260 g/mol. The predicted octanol–water partition coefficient (Wildman–Crippen LogP) is 3.41. The predicted molar refractivity (Wildman–Crippen MR) is 68.7 cm³/mol. The number of aliphatic hydroxyl groups is 1. The molecule has 0 radical (unpaired) electrons. The second-order valence-electron chi connectivity index (χ2n) is 5.05. The lowest BCUT2D eigenvalue weighted by Crippen LogP contribution is -2.11. The highest BCUT2D eigenvalue weighted by Crippen LogP contribution is 2.38. The van der Waals surface area contributed by atoms with Crippen molar-refractivity contribution in [3.63, 3.8) is 0 Å². The number of hydrogen-bond acceptors (Lipinski definition) is 1. The summed E-state index contributed by atoms with van der Waals surface area (Å²) >= 11 is 0. The van der Waals surface area contributed by atoms with E-state index in [-0.39, 0.29) is 5.92 Å². The van der Waals surface area contributed by atoms with E-state index < -0.39 is 17.7 Å². The van der Waals surface area contributed by atoms with Crippen LogP contribution in [0.4, 0.5) is 8.78 Å². The lowest BCUT2D eigenvalue weighted by molar-refractivity contribution is 0.123. The highest BCUT2D eigenvalue weighted by Gasteiger charge is 2.31. The van der Waals surface area contributed by atoms with Crippen LogP contribution in [0.2, 0.25) is 0 Å². The number of hydrogen-bond donors (Lipinski definition) is 1. The van der Waals surface area contributed by atoms with Gasteiger partial charge in [0.05, 0.1) is 6.10 Å². The fourth-order valence-electron chi connectivity index (χ4n) is 2.82. The van der Waals surface area contributed by atoms with Crippen LogP contribution in [0.25, 0.3) is 0 Å². The van der Waals surface area contributed by atoms with Crippen molar-refractivity contribution in [1.82, 2.24) is 0 Å². The fraction of sp³-hybridized carbons (Fsp3) is 0.250. The van der Waals surface area contributed by atoms with E-state index in [2.05, 4.69) is 0 Å². The van der Waals surface area contributed by atoms with Crippen molar-refractivity contribution in [3.05, 3.63) is 70.8 Å². The Hall–Kier alpha value is -1.74. The van der Waals surface area contributed by atoms with Crippen molar-refractivity contribution in [3.8, 4) is 0 Å². The van der Waals surface area contributed by atoms with Crippen molar-refractivity contribution >= 4 is 0 Å². The zero-order chi connectivity index (χ0) is 13.4. The summed E-state index contributed by atoms with van der Waals surface area (Å²) in [6.45, 7) is 0. The minimum atomic E-state index is -0.598. The third-order valence-corrected chi connectivity index (χ3v) is 3.79. The largest absolute Gasteiger partial charge is 0.388 e. The average Bonchev–Trinajstić information content (AvgIpc) is 2.72. The first kappa shape index (κ1) is 12.3. The van der Waals surface area contributed by atoms with E-state index in [1.54, 1.807) is 0 Å². The standard InChI is InChI=1S/C16H14F2O/c17-13-5-6-15(18)11(9-13)8-12-7-10-3-1-2-4-14(10)16(12)19/h1-6,9,12,16,19H,7-8H2. The van der Waals surface area contributed by atoms with Crippen LogP contribution in [-0.2, 0) is 12.8 Å². The van der Waals surface area contributed by atoms with Crippen molar-refractivity contribution < 1.29 is 13.9 Å². The number of rotatable bonds is 2. The van der Waals surface area contributed by atoms with Gasteiger partial charge in [0, 0.05) is 0 Å². The highest BCUT2D eigenvalue weighted by molar-refractivity contribution is 5.35. The zero-order valence-electron chi connectivity index (χ0n) is 10.3. The molecule has 3 heteroatoms. The van der Waals surface area contributed by atoms with E-state index in [1.807, 2.05) is 24.3 Å². The quantitative estimate of drug-likeness (QED) is 0.877. The molecule has 0 heterocycles. The Balaban J connectivity index is 1.85. The maximum absolute atomic E-state index is 13.6. The lowest BCUT2D eigenvalue weighted by Gasteiger charge is -2.15. The maximum Gasteiger partial charge on any atom is 0.126 e. The van der Waals surface area contributed by atoms with Gasteiger partial charge < -0.3 is 5.11 Å². The molecule has 0 spiro atoms. The number of benzene rings is 2. The van der Waals surface area contributed by atoms with Crippen LogP contribution in [0.3, 0.4) is 0 Å². The average molecular weight is 260 g/mol. The Morgan fingerprint density at radius 2 is 1.89 bits per heavy atom. The van der Waals surface area contributed by atoms with Gasteiger partial charge in [-0.2, -0.15) is 0 Å². The summed E-state index contributed by atoms with van der Waals surface area (Å²) in [7, 11) is 0. The van der Waals surface area contributed by atoms with Crippen LogP contribution < -0.4 is 0 Å². The molecule has 3 rings (SSSR count). The molecular weight excluding hydrogens is 246 g/mol. The van der Waals surface area contributed by atoms with E-state index in [0.29, 0.717) is 18.4 Å². The lowest BCUT2D eigenvalue weighted by atomic mass is 9.94. The topological polar surface area (TPSA) is 20.2 Å². The second kappa shape index (κ2) is 4.74. The van der Waals surface area contributed by atoms with Gasteiger partial charge in [0.1, 0.15) is 11.6 Å². The van der Waals surface area contributed by atoms with Crippen LogP contribution >= 0.6 is 0 Å². The van der Waals surface area contributed by atoms with Gasteiger partial charge in [0.15, 0.2) is 0 Å². The highest BCUT2D eigenvalue weighted by atomic mass is 19.1. The molecule has 2 aromatic rings. The van der Waals surface area contributed by atoms with Gasteiger partial charge in [-0.1, -0.05) is 24.3 Å². The van der Waals surface area contributed by atoms with Gasteiger partial charge >= 0.3 is 0 Å². The summed E-state index contributed by atoms with van der Waals surface area (Å²) < 4.78 is 26.8. The summed E-state index contributed by atoms with van der Waals surface area (Å²) in [6.07, 6.45) is 0.450. The Morgan fingerprint density at radius 3 is 2.68 bits per heavy atom. The van der Waals surface area contributed by atoms with Crippen LogP contribution in [-0.4, -0.2) is 5.11 Å². The van der Waals surface area contributed by atoms with Gasteiger partial charge in [0.2, 0.25) is 0 Å². The molecule has 0 aromatic heterocycles. The van der Waals surface area contributed by atoms with Crippen molar-refractivity contribution in [2.45, 2.75) is 18.9 Å². The molecular formula is C16H14F2O. The molecule has 0 bridgehead atoms. The molecule has 1 N–H and O–H groups in total. The molecule has 0 saturated carbocycles. The minimum Gasteiger partial charge on any atom is -0.388 e. The summed E-state index contributed by atoms with van der Waals surface area (Å²) in [4.78, 5) is 0. The van der Waals surface area contributed by atoms with Crippen LogP contribution in [0.1, 0.15) is 22.8 Å². The Labute approximate surface area is 110 Å². The molecule has 0 fully saturated rings. The molecule has 2 unspecified atom stereocenters. The van der Waals surface area contributed by atoms with Gasteiger partial charge in [-0.3, -0.25) is 0 Å². The van der Waals surface area contributed by atoms with E-state index >= 15 is 0 Å². The van der Waals surface area contributed by atoms with E-state index in [9.17, 15) is 13.9 Å². The Morgan fingerprint density at radius 1 is 1.11 bits per heavy atom. The van der Waals surface area contributed by atoms with Crippen LogP contribution in [0.15, 0.2) is 42.5 Å². The molecule has 2 aromatic carbocycles. The fourth-order valence-corrected chi connectivity index (χ4v) is 2.82. The molecule has 1 aliphatic carbocycles. The summed E-state index contributed by atoms with van der Waals surface area (Å²) in [5, 5.41) is 10.2. The number of halogens is 2. The SMILES string of the molecule is OC1c2ccccc2CC1Cc1cc(F)ccc1F. The van der Waals surface area contributed by atoms with Gasteiger partial charge in [-0.15, -0.1) is 0 Å².